The average Bonchev–Trinajstić information content (AvgIpc) is 2.29. The fraction of sp³-hybridized carbons (Fsp3) is 0.714. The summed E-state index contributed by atoms with van der Waals surface area (Å²) in [5, 5.41) is 5.51. The number of hydrogen-bond donors (Lipinski definition) is 2. The SMILES string of the molecule is C/C=C(\C)C(=O)NCCCCOC(=O)NC(C)(C)C. The van der Waals surface area contributed by atoms with Crippen LogP contribution in [0.2, 0.25) is 0 Å². The van der Waals surface area contributed by atoms with E-state index in [4.69, 9.17) is 4.74 Å². The third-order valence-corrected chi connectivity index (χ3v) is 2.36. The first-order valence-corrected chi connectivity index (χ1v) is 6.62. The predicted molar refractivity (Wildman–Crippen MR) is 75.9 cm³/mol. The first-order chi connectivity index (χ1) is 8.76. The number of ether oxygens (including phenoxy) is 1. The van der Waals surface area contributed by atoms with Gasteiger partial charge in [0.05, 0.1) is 6.61 Å². The number of carbonyl (C=O) groups is 2. The lowest BCUT2D eigenvalue weighted by Crippen LogP contribution is -2.41. The molecule has 0 fully saturated rings. The van der Waals surface area contributed by atoms with Crippen molar-refractivity contribution in [2.75, 3.05) is 13.2 Å². The molecule has 0 saturated heterocycles. The van der Waals surface area contributed by atoms with Crippen molar-refractivity contribution in [3.8, 4) is 0 Å². The van der Waals surface area contributed by atoms with E-state index in [-0.39, 0.29) is 11.4 Å². The highest BCUT2D eigenvalue weighted by Gasteiger charge is 2.14. The van der Waals surface area contributed by atoms with Crippen LogP contribution in [0.5, 0.6) is 0 Å². The predicted octanol–water partition coefficient (Wildman–Crippen LogP) is 2.37. The number of carbonyl (C=O) groups excluding carboxylic acids is 2. The quantitative estimate of drug-likeness (QED) is 0.575. The Morgan fingerprint density at radius 2 is 1.84 bits per heavy atom. The Hall–Kier alpha value is -1.52. The number of alkyl carbamates (subject to hydrolysis) is 1. The van der Waals surface area contributed by atoms with Crippen LogP contribution in [0.3, 0.4) is 0 Å². The zero-order chi connectivity index (χ0) is 14.9. The maximum absolute atomic E-state index is 11.4. The topological polar surface area (TPSA) is 67.4 Å². The fourth-order valence-electron chi connectivity index (χ4n) is 1.21. The summed E-state index contributed by atoms with van der Waals surface area (Å²) < 4.78 is 5.02. The molecule has 5 heteroatoms. The Morgan fingerprint density at radius 3 is 2.37 bits per heavy atom. The number of rotatable bonds is 6. The molecule has 0 aliphatic heterocycles. The summed E-state index contributed by atoms with van der Waals surface area (Å²) in [6.07, 6.45) is 2.88. The van der Waals surface area contributed by atoms with Crippen LogP contribution in [0.25, 0.3) is 0 Å². The first-order valence-electron chi connectivity index (χ1n) is 6.62. The van der Waals surface area contributed by atoms with E-state index < -0.39 is 6.09 Å². The number of unbranched alkanes of at least 4 members (excludes halogenated alkanes) is 1. The Bertz CT molecular complexity index is 330. The molecule has 110 valence electrons. The van der Waals surface area contributed by atoms with Crippen molar-refractivity contribution in [1.82, 2.24) is 10.6 Å². The standard InChI is InChI=1S/C14H26N2O3/c1-6-11(2)12(17)15-9-7-8-10-19-13(18)16-14(3,4)5/h6H,7-10H2,1-5H3,(H,15,17)(H,16,18)/b11-6+. The summed E-state index contributed by atoms with van der Waals surface area (Å²) >= 11 is 0. The summed E-state index contributed by atoms with van der Waals surface area (Å²) in [5.74, 6) is -0.0473. The molecule has 19 heavy (non-hydrogen) atoms. The van der Waals surface area contributed by atoms with Gasteiger partial charge in [0.2, 0.25) is 5.91 Å². The van der Waals surface area contributed by atoms with Crippen LogP contribution in [-0.2, 0) is 9.53 Å². The lowest BCUT2D eigenvalue weighted by atomic mass is 10.1. The van der Waals surface area contributed by atoms with Gasteiger partial charge in [-0.1, -0.05) is 6.08 Å². The molecule has 0 aliphatic rings. The highest BCUT2D eigenvalue weighted by molar-refractivity contribution is 5.92. The van der Waals surface area contributed by atoms with E-state index >= 15 is 0 Å². The van der Waals surface area contributed by atoms with E-state index in [0.29, 0.717) is 18.7 Å². The molecule has 5 nitrogen and oxygen atoms in total. The highest BCUT2D eigenvalue weighted by Crippen LogP contribution is 1.99. The van der Waals surface area contributed by atoms with Gasteiger partial charge in [-0.15, -0.1) is 0 Å². The molecule has 0 aromatic rings. The monoisotopic (exact) mass is 270 g/mol. The third-order valence-electron chi connectivity index (χ3n) is 2.36. The van der Waals surface area contributed by atoms with Gasteiger partial charge < -0.3 is 15.4 Å². The van der Waals surface area contributed by atoms with Crippen molar-refractivity contribution >= 4 is 12.0 Å². The van der Waals surface area contributed by atoms with Gasteiger partial charge in [-0.3, -0.25) is 4.79 Å². The van der Waals surface area contributed by atoms with Crippen LogP contribution in [0.4, 0.5) is 4.79 Å². The summed E-state index contributed by atoms with van der Waals surface area (Å²) in [7, 11) is 0. The van der Waals surface area contributed by atoms with Crippen LogP contribution in [0, 0.1) is 0 Å². The Kier molecular flexibility index (Phi) is 7.87. The lowest BCUT2D eigenvalue weighted by molar-refractivity contribution is -0.117. The van der Waals surface area contributed by atoms with Gasteiger partial charge in [0.25, 0.3) is 0 Å². The zero-order valence-electron chi connectivity index (χ0n) is 12.6. The second-order valence-electron chi connectivity index (χ2n) is 5.45. The van der Waals surface area contributed by atoms with Crippen molar-refractivity contribution in [3.63, 3.8) is 0 Å². The molecule has 0 saturated carbocycles. The van der Waals surface area contributed by atoms with Crippen molar-refractivity contribution < 1.29 is 14.3 Å². The van der Waals surface area contributed by atoms with E-state index in [2.05, 4.69) is 10.6 Å². The smallest absolute Gasteiger partial charge is 0.407 e. The Morgan fingerprint density at radius 1 is 1.21 bits per heavy atom. The van der Waals surface area contributed by atoms with Gasteiger partial charge >= 0.3 is 6.09 Å². The van der Waals surface area contributed by atoms with Crippen LogP contribution < -0.4 is 10.6 Å². The van der Waals surface area contributed by atoms with E-state index in [0.717, 1.165) is 12.8 Å². The lowest BCUT2D eigenvalue weighted by Gasteiger charge is -2.19. The third kappa shape index (κ3) is 10.1. The minimum Gasteiger partial charge on any atom is -0.450 e. The van der Waals surface area contributed by atoms with Gasteiger partial charge in [0, 0.05) is 17.7 Å². The van der Waals surface area contributed by atoms with Crippen molar-refractivity contribution in [2.45, 2.75) is 53.0 Å². The van der Waals surface area contributed by atoms with Crippen LogP contribution in [0.1, 0.15) is 47.5 Å². The van der Waals surface area contributed by atoms with Crippen LogP contribution >= 0.6 is 0 Å². The second-order valence-corrected chi connectivity index (χ2v) is 5.45. The molecule has 0 radical (unpaired) electrons. The number of allylic oxidation sites excluding steroid dienone is 1. The first kappa shape index (κ1) is 17.5. The summed E-state index contributed by atoms with van der Waals surface area (Å²) in [5.41, 5.74) is 0.426. The molecule has 0 heterocycles. The summed E-state index contributed by atoms with van der Waals surface area (Å²) in [4.78, 5) is 22.7. The van der Waals surface area contributed by atoms with Gasteiger partial charge in [-0.2, -0.15) is 0 Å². The minimum absolute atomic E-state index is 0.0473. The van der Waals surface area contributed by atoms with Crippen molar-refractivity contribution in [2.24, 2.45) is 0 Å². The molecular formula is C14H26N2O3. The molecule has 0 rings (SSSR count). The fourth-order valence-corrected chi connectivity index (χ4v) is 1.21. The maximum Gasteiger partial charge on any atom is 0.407 e. The van der Waals surface area contributed by atoms with Gasteiger partial charge in [-0.25, -0.2) is 4.79 Å². The highest BCUT2D eigenvalue weighted by atomic mass is 16.5. The van der Waals surface area contributed by atoms with Crippen LogP contribution in [-0.4, -0.2) is 30.7 Å². The van der Waals surface area contributed by atoms with E-state index in [1.807, 2.05) is 27.7 Å². The van der Waals surface area contributed by atoms with Gasteiger partial charge in [0.15, 0.2) is 0 Å². The molecule has 0 spiro atoms. The molecule has 0 aliphatic carbocycles. The molecule has 0 aromatic heterocycles. The van der Waals surface area contributed by atoms with E-state index in [9.17, 15) is 9.59 Å². The van der Waals surface area contributed by atoms with E-state index in [1.54, 1.807) is 13.0 Å². The molecule has 2 N–H and O–H groups in total. The number of amides is 2. The Labute approximate surface area is 115 Å². The van der Waals surface area contributed by atoms with E-state index in [1.165, 1.54) is 0 Å². The normalized spacial score (nSPS) is 11.9. The second kappa shape index (κ2) is 8.56. The number of nitrogens with one attached hydrogen (secondary N) is 2. The molecular weight excluding hydrogens is 244 g/mol. The maximum atomic E-state index is 11.4. The minimum atomic E-state index is -0.402. The van der Waals surface area contributed by atoms with Gasteiger partial charge in [0.1, 0.15) is 0 Å². The molecule has 0 aromatic carbocycles. The summed E-state index contributed by atoms with van der Waals surface area (Å²) in [6.45, 7) is 10.2. The molecule has 0 unspecified atom stereocenters. The van der Waals surface area contributed by atoms with Crippen LogP contribution in [0.15, 0.2) is 11.6 Å². The van der Waals surface area contributed by atoms with Crippen molar-refractivity contribution in [3.05, 3.63) is 11.6 Å². The largest absolute Gasteiger partial charge is 0.450 e. The number of hydrogen-bond acceptors (Lipinski definition) is 3. The zero-order valence-corrected chi connectivity index (χ0v) is 12.6. The van der Waals surface area contributed by atoms with Crippen molar-refractivity contribution in [1.29, 1.82) is 0 Å². The average molecular weight is 270 g/mol. The molecule has 2 amide bonds. The molecule has 0 bridgehead atoms. The Balaban J connectivity index is 3.56. The van der Waals surface area contributed by atoms with Gasteiger partial charge in [-0.05, 0) is 47.5 Å². The molecule has 0 atom stereocenters. The summed E-state index contributed by atoms with van der Waals surface area (Å²) in [6, 6.07) is 0.